The lowest BCUT2D eigenvalue weighted by Crippen LogP contribution is -2.05. The van der Waals surface area contributed by atoms with E-state index in [-0.39, 0.29) is 5.91 Å². The van der Waals surface area contributed by atoms with Gasteiger partial charge >= 0.3 is 0 Å². The third-order valence-electron chi connectivity index (χ3n) is 2.86. The zero-order chi connectivity index (χ0) is 12.8. The number of amides is 1. The molecule has 1 aliphatic carbocycles. The molecule has 0 unspecified atom stereocenters. The van der Waals surface area contributed by atoms with Crippen LogP contribution in [0.1, 0.15) is 38.2 Å². The van der Waals surface area contributed by atoms with Gasteiger partial charge in [-0.1, -0.05) is 17.9 Å². The molecule has 2 heteroatoms. The Bertz CT molecular complexity index is 514. The van der Waals surface area contributed by atoms with Crippen molar-refractivity contribution in [1.29, 1.82) is 0 Å². The lowest BCUT2D eigenvalue weighted by atomic mass is 10.00. The van der Waals surface area contributed by atoms with E-state index in [1.165, 1.54) is 25.3 Å². The quantitative estimate of drug-likeness (QED) is 0.747. The minimum Gasteiger partial charge on any atom is -0.326 e. The number of rotatable bonds is 1. The standard InChI is InChI=1S/C16H17NO/c1-13(18)17-16-11-9-15(10-12-16)8-7-14-5-3-2-4-6-14/h5,9-12H,2-4,6H2,1H3,(H,17,18). The molecule has 1 aromatic rings. The van der Waals surface area contributed by atoms with E-state index in [1.54, 1.807) is 0 Å². The number of allylic oxidation sites excluding steroid dienone is 2. The highest BCUT2D eigenvalue weighted by Crippen LogP contribution is 2.16. The molecular weight excluding hydrogens is 222 g/mol. The monoisotopic (exact) mass is 239 g/mol. The lowest BCUT2D eigenvalue weighted by Gasteiger charge is -2.05. The summed E-state index contributed by atoms with van der Waals surface area (Å²) in [5.41, 5.74) is 3.05. The summed E-state index contributed by atoms with van der Waals surface area (Å²) >= 11 is 0. The predicted molar refractivity (Wildman–Crippen MR) is 74.2 cm³/mol. The zero-order valence-corrected chi connectivity index (χ0v) is 10.6. The van der Waals surface area contributed by atoms with Gasteiger partial charge in [0, 0.05) is 18.2 Å². The van der Waals surface area contributed by atoms with Gasteiger partial charge in [0.2, 0.25) is 5.91 Å². The Morgan fingerprint density at radius 1 is 1.17 bits per heavy atom. The van der Waals surface area contributed by atoms with Crippen LogP contribution in [0.3, 0.4) is 0 Å². The number of hydrogen-bond donors (Lipinski definition) is 1. The molecule has 0 radical (unpaired) electrons. The fourth-order valence-electron chi connectivity index (χ4n) is 1.94. The Hall–Kier alpha value is -2.01. The van der Waals surface area contributed by atoms with Crippen molar-refractivity contribution < 1.29 is 4.79 Å². The van der Waals surface area contributed by atoms with E-state index in [1.807, 2.05) is 24.3 Å². The second-order valence-electron chi connectivity index (χ2n) is 4.48. The lowest BCUT2D eigenvalue weighted by molar-refractivity contribution is -0.114. The molecule has 0 fully saturated rings. The Balaban J connectivity index is 2.04. The first-order valence-electron chi connectivity index (χ1n) is 6.33. The van der Waals surface area contributed by atoms with Gasteiger partial charge in [0.25, 0.3) is 0 Å². The first kappa shape index (κ1) is 12.4. The molecule has 18 heavy (non-hydrogen) atoms. The fraction of sp³-hybridized carbons (Fsp3) is 0.312. The largest absolute Gasteiger partial charge is 0.326 e. The Kier molecular flexibility index (Phi) is 4.20. The topological polar surface area (TPSA) is 29.1 Å². The molecule has 92 valence electrons. The SMILES string of the molecule is CC(=O)Nc1ccc(C#CC2=CCCCC2)cc1. The summed E-state index contributed by atoms with van der Waals surface area (Å²) in [6.07, 6.45) is 7.04. The van der Waals surface area contributed by atoms with Crippen molar-refractivity contribution in [1.82, 2.24) is 0 Å². The number of nitrogens with one attached hydrogen (secondary N) is 1. The average Bonchev–Trinajstić information content (AvgIpc) is 2.38. The van der Waals surface area contributed by atoms with E-state index in [0.29, 0.717) is 0 Å². The van der Waals surface area contributed by atoms with Crippen LogP contribution in [0.4, 0.5) is 5.69 Å². The van der Waals surface area contributed by atoms with Crippen LogP contribution >= 0.6 is 0 Å². The highest BCUT2D eigenvalue weighted by Gasteiger charge is 1.99. The highest BCUT2D eigenvalue weighted by molar-refractivity contribution is 5.88. The number of anilines is 1. The van der Waals surface area contributed by atoms with E-state index < -0.39 is 0 Å². The van der Waals surface area contributed by atoms with Crippen LogP contribution in [0.15, 0.2) is 35.9 Å². The summed E-state index contributed by atoms with van der Waals surface area (Å²) in [6.45, 7) is 1.50. The van der Waals surface area contributed by atoms with Crippen LogP contribution in [-0.4, -0.2) is 5.91 Å². The van der Waals surface area contributed by atoms with Gasteiger partial charge in [-0.05, 0) is 55.5 Å². The summed E-state index contributed by atoms with van der Waals surface area (Å²) in [5, 5.41) is 2.74. The number of carbonyl (C=O) groups is 1. The van der Waals surface area contributed by atoms with E-state index in [9.17, 15) is 4.79 Å². The van der Waals surface area contributed by atoms with Gasteiger partial charge in [0.15, 0.2) is 0 Å². The van der Waals surface area contributed by atoms with E-state index in [4.69, 9.17) is 0 Å². The molecule has 0 bridgehead atoms. The highest BCUT2D eigenvalue weighted by atomic mass is 16.1. The normalized spacial score (nSPS) is 14.2. The third-order valence-corrected chi connectivity index (χ3v) is 2.86. The summed E-state index contributed by atoms with van der Waals surface area (Å²) < 4.78 is 0. The molecule has 0 spiro atoms. The molecule has 2 rings (SSSR count). The molecule has 1 aliphatic rings. The smallest absolute Gasteiger partial charge is 0.221 e. The van der Waals surface area contributed by atoms with E-state index in [2.05, 4.69) is 23.2 Å². The van der Waals surface area contributed by atoms with Gasteiger partial charge in [-0.2, -0.15) is 0 Å². The molecule has 0 saturated carbocycles. The summed E-state index contributed by atoms with van der Waals surface area (Å²) in [5.74, 6) is 6.33. The molecule has 0 aliphatic heterocycles. The second-order valence-corrected chi connectivity index (χ2v) is 4.48. The third kappa shape index (κ3) is 3.78. The average molecular weight is 239 g/mol. The fourth-order valence-corrected chi connectivity index (χ4v) is 1.94. The summed E-state index contributed by atoms with van der Waals surface area (Å²) in [7, 11) is 0. The van der Waals surface area contributed by atoms with Crippen molar-refractivity contribution >= 4 is 11.6 Å². The van der Waals surface area contributed by atoms with E-state index >= 15 is 0 Å². The van der Waals surface area contributed by atoms with Crippen molar-refractivity contribution in [2.45, 2.75) is 32.6 Å². The van der Waals surface area contributed by atoms with Gasteiger partial charge < -0.3 is 5.32 Å². The summed E-state index contributed by atoms with van der Waals surface area (Å²) in [6, 6.07) is 7.62. The molecule has 2 nitrogen and oxygen atoms in total. The van der Waals surface area contributed by atoms with Gasteiger partial charge in [-0.3, -0.25) is 4.79 Å². The van der Waals surface area contributed by atoms with Crippen LogP contribution in [0.25, 0.3) is 0 Å². The predicted octanol–water partition coefficient (Wildman–Crippen LogP) is 3.50. The van der Waals surface area contributed by atoms with Crippen molar-refractivity contribution in [2.75, 3.05) is 5.32 Å². The van der Waals surface area contributed by atoms with Crippen LogP contribution < -0.4 is 5.32 Å². The first-order valence-corrected chi connectivity index (χ1v) is 6.33. The number of hydrogen-bond acceptors (Lipinski definition) is 1. The minimum absolute atomic E-state index is 0.0544. The van der Waals surface area contributed by atoms with E-state index in [0.717, 1.165) is 24.1 Å². The number of benzene rings is 1. The molecule has 0 saturated heterocycles. The van der Waals surface area contributed by atoms with Gasteiger partial charge in [0.1, 0.15) is 0 Å². The second kappa shape index (κ2) is 6.07. The summed E-state index contributed by atoms with van der Waals surface area (Å²) in [4.78, 5) is 10.9. The molecule has 1 N–H and O–H groups in total. The Labute approximate surface area is 108 Å². The first-order chi connectivity index (χ1) is 8.74. The van der Waals surface area contributed by atoms with Crippen LogP contribution in [-0.2, 0) is 4.79 Å². The molecule has 1 amide bonds. The number of carbonyl (C=O) groups excluding carboxylic acids is 1. The maximum Gasteiger partial charge on any atom is 0.221 e. The molecular formula is C16H17NO. The van der Waals surface area contributed by atoms with Gasteiger partial charge in [0.05, 0.1) is 0 Å². The van der Waals surface area contributed by atoms with Crippen molar-refractivity contribution in [3.05, 3.63) is 41.5 Å². The van der Waals surface area contributed by atoms with Crippen molar-refractivity contribution in [3.8, 4) is 11.8 Å². The molecule has 1 aromatic carbocycles. The maximum atomic E-state index is 10.9. The molecule has 0 heterocycles. The van der Waals surface area contributed by atoms with Gasteiger partial charge in [-0.15, -0.1) is 0 Å². The van der Waals surface area contributed by atoms with Crippen molar-refractivity contribution in [2.24, 2.45) is 0 Å². The van der Waals surface area contributed by atoms with Crippen LogP contribution in [0.5, 0.6) is 0 Å². The Morgan fingerprint density at radius 2 is 1.94 bits per heavy atom. The van der Waals surface area contributed by atoms with Crippen LogP contribution in [0, 0.1) is 11.8 Å². The Morgan fingerprint density at radius 3 is 2.56 bits per heavy atom. The van der Waals surface area contributed by atoms with Crippen molar-refractivity contribution in [3.63, 3.8) is 0 Å². The zero-order valence-electron chi connectivity index (χ0n) is 10.6. The maximum absolute atomic E-state index is 10.9. The molecule has 0 aromatic heterocycles. The minimum atomic E-state index is -0.0544. The van der Waals surface area contributed by atoms with Gasteiger partial charge in [-0.25, -0.2) is 0 Å². The van der Waals surface area contributed by atoms with Crippen LogP contribution in [0.2, 0.25) is 0 Å². The molecule has 0 atom stereocenters.